The van der Waals surface area contributed by atoms with Gasteiger partial charge < -0.3 is 10.4 Å². The molecule has 0 aromatic carbocycles. The highest BCUT2D eigenvalue weighted by Crippen LogP contribution is 2.22. The molecular formula is C10H15NO2S. The number of nitrogens with one attached hydrogen (secondary N) is 1. The molecule has 3 nitrogen and oxygen atoms in total. The van der Waals surface area contributed by atoms with E-state index in [-0.39, 0.29) is 0 Å². The van der Waals surface area contributed by atoms with Gasteiger partial charge in [0.05, 0.1) is 5.56 Å². The third kappa shape index (κ3) is 3.03. The predicted octanol–water partition coefficient (Wildman–Crippen LogP) is 3.05. The predicted molar refractivity (Wildman–Crippen MR) is 59.3 cm³/mol. The molecule has 78 valence electrons. The van der Waals surface area contributed by atoms with Crippen LogP contribution in [0.4, 0.5) is 5.00 Å². The van der Waals surface area contributed by atoms with Crippen molar-refractivity contribution in [3.63, 3.8) is 0 Å². The third-order valence-corrected chi connectivity index (χ3v) is 2.83. The summed E-state index contributed by atoms with van der Waals surface area (Å²) in [6.07, 6.45) is 3.45. The van der Waals surface area contributed by atoms with E-state index in [0.717, 1.165) is 18.0 Å². The number of hydrogen-bond acceptors (Lipinski definition) is 3. The number of carboxylic acid groups (broad SMARTS) is 1. The largest absolute Gasteiger partial charge is 0.478 e. The Labute approximate surface area is 87.8 Å². The molecule has 0 atom stereocenters. The smallest absolute Gasteiger partial charge is 0.338 e. The molecule has 0 fully saturated rings. The fraction of sp³-hybridized carbons (Fsp3) is 0.500. The quantitative estimate of drug-likeness (QED) is 0.714. The number of aromatic carboxylic acids is 1. The lowest BCUT2D eigenvalue weighted by Crippen LogP contribution is -2.04. The van der Waals surface area contributed by atoms with Crippen LogP contribution in [-0.4, -0.2) is 17.6 Å². The van der Waals surface area contributed by atoms with E-state index in [9.17, 15) is 4.79 Å². The van der Waals surface area contributed by atoms with Crippen molar-refractivity contribution in [2.45, 2.75) is 26.2 Å². The lowest BCUT2D eigenvalue weighted by atomic mass is 10.2. The number of unbranched alkanes of at least 4 members (excludes halogenated alkanes) is 2. The van der Waals surface area contributed by atoms with Gasteiger partial charge in [0.1, 0.15) is 5.00 Å². The summed E-state index contributed by atoms with van der Waals surface area (Å²) in [6.45, 7) is 3.00. The molecule has 0 saturated heterocycles. The Morgan fingerprint density at radius 3 is 3.00 bits per heavy atom. The first kappa shape index (κ1) is 11.0. The first-order valence-electron chi connectivity index (χ1n) is 4.80. The van der Waals surface area contributed by atoms with E-state index in [2.05, 4.69) is 12.2 Å². The van der Waals surface area contributed by atoms with Crippen LogP contribution in [0, 0.1) is 0 Å². The average molecular weight is 213 g/mol. The van der Waals surface area contributed by atoms with Gasteiger partial charge in [0.25, 0.3) is 0 Å². The maximum absolute atomic E-state index is 10.7. The van der Waals surface area contributed by atoms with Crippen molar-refractivity contribution in [1.82, 2.24) is 0 Å². The van der Waals surface area contributed by atoms with Crippen molar-refractivity contribution in [2.24, 2.45) is 0 Å². The van der Waals surface area contributed by atoms with E-state index >= 15 is 0 Å². The summed E-state index contributed by atoms with van der Waals surface area (Å²) in [5.41, 5.74) is 0.381. The Kier molecular flexibility index (Phi) is 4.46. The number of thiophene rings is 1. The fourth-order valence-electron chi connectivity index (χ4n) is 1.19. The molecule has 0 bridgehead atoms. The molecule has 1 aromatic rings. The average Bonchev–Trinajstić information content (AvgIpc) is 2.60. The lowest BCUT2D eigenvalue weighted by molar-refractivity contribution is 0.0698. The van der Waals surface area contributed by atoms with Gasteiger partial charge in [-0.3, -0.25) is 0 Å². The van der Waals surface area contributed by atoms with Crippen LogP contribution in [0.2, 0.25) is 0 Å². The van der Waals surface area contributed by atoms with Crippen LogP contribution in [0.15, 0.2) is 11.4 Å². The maximum atomic E-state index is 10.7. The van der Waals surface area contributed by atoms with Gasteiger partial charge in [0.2, 0.25) is 0 Å². The maximum Gasteiger partial charge on any atom is 0.338 e. The minimum atomic E-state index is -0.857. The zero-order valence-corrected chi connectivity index (χ0v) is 9.06. The van der Waals surface area contributed by atoms with Crippen LogP contribution in [0.25, 0.3) is 0 Å². The fourth-order valence-corrected chi connectivity index (χ4v) is 2.00. The molecule has 0 aliphatic heterocycles. The molecule has 1 rings (SSSR count). The molecule has 2 N–H and O–H groups in total. The second-order valence-corrected chi connectivity index (χ2v) is 4.02. The van der Waals surface area contributed by atoms with Gasteiger partial charge in [0, 0.05) is 6.54 Å². The van der Waals surface area contributed by atoms with Crippen molar-refractivity contribution in [3.05, 3.63) is 17.0 Å². The van der Waals surface area contributed by atoms with E-state index in [1.165, 1.54) is 24.2 Å². The number of carboxylic acids is 1. The summed E-state index contributed by atoms with van der Waals surface area (Å²) in [4.78, 5) is 10.7. The molecule has 0 spiro atoms. The van der Waals surface area contributed by atoms with Gasteiger partial charge in [-0.2, -0.15) is 0 Å². The molecule has 0 unspecified atom stereocenters. The highest BCUT2D eigenvalue weighted by Gasteiger charge is 2.09. The Balaban J connectivity index is 2.42. The zero-order valence-electron chi connectivity index (χ0n) is 8.25. The zero-order chi connectivity index (χ0) is 10.4. The van der Waals surface area contributed by atoms with Crippen LogP contribution in [0.3, 0.4) is 0 Å². The van der Waals surface area contributed by atoms with Crippen LogP contribution in [0.1, 0.15) is 36.5 Å². The first-order chi connectivity index (χ1) is 6.75. The van der Waals surface area contributed by atoms with Crippen molar-refractivity contribution < 1.29 is 9.90 Å². The van der Waals surface area contributed by atoms with Crippen LogP contribution < -0.4 is 5.32 Å². The van der Waals surface area contributed by atoms with Crippen LogP contribution in [0.5, 0.6) is 0 Å². The molecule has 4 heteroatoms. The molecule has 0 aliphatic carbocycles. The second kappa shape index (κ2) is 5.65. The summed E-state index contributed by atoms with van der Waals surface area (Å²) in [5, 5.41) is 14.5. The molecule has 1 aromatic heterocycles. The van der Waals surface area contributed by atoms with Crippen LogP contribution >= 0.6 is 11.3 Å². The lowest BCUT2D eigenvalue weighted by Gasteiger charge is -2.03. The monoisotopic (exact) mass is 213 g/mol. The van der Waals surface area contributed by atoms with Gasteiger partial charge in [-0.15, -0.1) is 11.3 Å². The van der Waals surface area contributed by atoms with E-state index in [0.29, 0.717) is 5.56 Å². The van der Waals surface area contributed by atoms with Crippen molar-refractivity contribution in [3.8, 4) is 0 Å². The first-order valence-corrected chi connectivity index (χ1v) is 5.68. The van der Waals surface area contributed by atoms with E-state index in [1.54, 1.807) is 11.4 Å². The molecular weight excluding hydrogens is 198 g/mol. The van der Waals surface area contributed by atoms with Crippen molar-refractivity contribution in [2.75, 3.05) is 11.9 Å². The third-order valence-electron chi connectivity index (χ3n) is 1.96. The minimum absolute atomic E-state index is 0.381. The summed E-state index contributed by atoms with van der Waals surface area (Å²) in [5.74, 6) is -0.857. The van der Waals surface area contributed by atoms with Crippen LogP contribution in [-0.2, 0) is 0 Å². The van der Waals surface area contributed by atoms with Gasteiger partial charge in [-0.25, -0.2) is 4.79 Å². The van der Waals surface area contributed by atoms with E-state index in [1.807, 2.05) is 0 Å². The normalized spacial score (nSPS) is 10.1. The second-order valence-electron chi connectivity index (χ2n) is 3.10. The van der Waals surface area contributed by atoms with Gasteiger partial charge in [-0.05, 0) is 17.9 Å². The molecule has 14 heavy (non-hydrogen) atoms. The summed E-state index contributed by atoms with van der Waals surface area (Å²) in [7, 11) is 0. The molecule has 0 saturated carbocycles. The Bertz CT molecular complexity index is 296. The van der Waals surface area contributed by atoms with Gasteiger partial charge in [0.15, 0.2) is 0 Å². The van der Waals surface area contributed by atoms with Gasteiger partial charge in [-0.1, -0.05) is 19.8 Å². The van der Waals surface area contributed by atoms with E-state index in [4.69, 9.17) is 5.11 Å². The molecule has 0 radical (unpaired) electrons. The number of rotatable bonds is 6. The Morgan fingerprint density at radius 1 is 1.57 bits per heavy atom. The summed E-state index contributed by atoms with van der Waals surface area (Å²) in [6, 6.07) is 1.63. The Morgan fingerprint density at radius 2 is 2.36 bits per heavy atom. The molecule has 0 aliphatic rings. The molecule has 1 heterocycles. The molecule has 0 amide bonds. The summed E-state index contributed by atoms with van der Waals surface area (Å²) >= 11 is 1.44. The highest BCUT2D eigenvalue weighted by molar-refractivity contribution is 7.14. The SMILES string of the molecule is CCCCCNc1sccc1C(=O)O. The van der Waals surface area contributed by atoms with Gasteiger partial charge >= 0.3 is 5.97 Å². The Hall–Kier alpha value is -1.03. The summed E-state index contributed by atoms with van der Waals surface area (Å²) < 4.78 is 0. The number of anilines is 1. The van der Waals surface area contributed by atoms with Crippen molar-refractivity contribution >= 4 is 22.3 Å². The highest BCUT2D eigenvalue weighted by atomic mass is 32.1. The topological polar surface area (TPSA) is 49.3 Å². The van der Waals surface area contributed by atoms with E-state index < -0.39 is 5.97 Å². The van der Waals surface area contributed by atoms with Crippen molar-refractivity contribution in [1.29, 1.82) is 0 Å². The standard InChI is InChI=1S/C10H15NO2S/c1-2-3-4-6-11-9-8(10(12)13)5-7-14-9/h5,7,11H,2-4,6H2,1H3,(H,12,13). The minimum Gasteiger partial charge on any atom is -0.478 e. The number of hydrogen-bond donors (Lipinski definition) is 2. The number of carbonyl (C=O) groups is 1.